The number of ether oxygens (including phenoxy) is 1. The van der Waals surface area contributed by atoms with Crippen LogP contribution in [-0.4, -0.2) is 22.4 Å². The van der Waals surface area contributed by atoms with E-state index in [1.54, 1.807) is 31.9 Å². The monoisotopic (exact) mass is 366 g/mol. The molecule has 0 radical (unpaired) electrons. The topological polar surface area (TPSA) is 44.1 Å². The molecule has 0 aliphatic heterocycles. The predicted octanol–water partition coefficient (Wildman–Crippen LogP) is 5.07. The van der Waals surface area contributed by atoms with Crippen LogP contribution in [0.3, 0.4) is 0 Å². The van der Waals surface area contributed by atoms with E-state index in [4.69, 9.17) is 4.74 Å². The second-order valence-corrected chi connectivity index (χ2v) is 6.85. The largest absolute Gasteiger partial charge is 0.496 e. The highest BCUT2D eigenvalue weighted by Gasteiger charge is 2.13. The van der Waals surface area contributed by atoms with Crippen molar-refractivity contribution < 1.29 is 9.53 Å². The number of carbonyl (C=O) groups is 1. The maximum absolute atomic E-state index is 11.7. The number of hydrogen-bond acceptors (Lipinski definition) is 4. The van der Waals surface area contributed by atoms with Gasteiger partial charge in [0.15, 0.2) is 10.9 Å². The van der Waals surface area contributed by atoms with Gasteiger partial charge in [-0.3, -0.25) is 4.79 Å². The summed E-state index contributed by atoms with van der Waals surface area (Å²) < 4.78 is 7.66. The highest BCUT2D eigenvalue weighted by atomic mass is 32.2. The second-order valence-electron chi connectivity index (χ2n) is 5.91. The number of carbonyl (C=O) groups excluding carboxylic acids is 1. The molecule has 0 spiro atoms. The van der Waals surface area contributed by atoms with Crippen LogP contribution < -0.4 is 4.74 Å². The number of Topliss-reactive ketones (excluding diaryl/α,β-unsaturated/α-hetero) is 1. The maximum Gasteiger partial charge on any atom is 0.168 e. The van der Waals surface area contributed by atoms with E-state index in [1.165, 1.54) is 0 Å². The smallest absolute Gasteiger partial charge is 0.168 e. The van der Waals surface area contributed by atoms with Crippen LogP contribution in [0.5, 0.6) is 5.75 Å². The second kappa shape index (κ2) is 8.23. The number of thioether (sulfide) groups is 1. The van der Waals surface area contributed by atoms with Crippen LogP contribution in [0.1, 0.15) is 29.8 Å². The Balaban J connectivity index is 1.86. The van der Waals surface area contributed by atoms with Crippen LogP contribution in [0.15, 0.2) is 59.9 Å². The van der Waals surface area contributed by atoms with Crippen molar-refractivity contribution in [2.45, 2.75) is 31.3 Å². The lowest BCUT2D eigenvalue weighted by Crippen LogP contribution is -2.00. The maximum atomic E-state index is 11.7. The van der Waals surface area contributed by atoms with Gasteiger partial charge in [0, 0.05) is 23.4 Å². The lowest BCUT2D eigenvalue weighted by Gasteiger charge is -2.11. The van der Waals surface area contributed by atoms with Crippen LogP contribution in [0.25, 0.3) is 11.3 Å². The molecule has 2 aromatic carbocycles. The summed E-state index contributed by atoms with van der Waals surface area (Å²) >= 11 is 1.65. The number of hydrogen-bond donors (Lipinski definition) is 0. The van der Waals surface area contributed by atoms with Crippen LogP contribution in [0.4, 0.5) is 0 Å². The van der Waals surface area contributed by atoms with Gasteiger partial charge >= 0.3 is 0 Å². The Morgan fingerprint density at radius 2 is 1.96 bits per heavy atom. The minimum Gasteiger partial charge on any atom is -0.496 e. The molecular weight excluding hydrogens is 344 g/mol. The van der Waals surface area contributed by atoms with Crippen molar-refractivity contribution in [3.63, 3.8) is 0 Å². The summed E-state index contributed by atoms with van der Waals surface area (Å²) in [5.74, 6) is 1.54. The fourth-order valence-electron chi connectivity index (χ4n) is 2.87. The van der Waals surface area contributed by atoms with Crippen molar-refractivity contribution in [2.24, 2.45) is 0 Å². The SMILES string of the molecule is CCn1c(-c2ccccc2)cnc1SCc1cc(C(C)=O)ccc1OC. The third kappa shape index (κ3) is 3.83. The molecule has 3 aromatic rings. The van der Waals surface area contributed by atoms with E-state index in [0.29, 0.717) is 11.3 Å². The quantitative estimate of drug-likeness (QED) is 0.432. The minimum absolute atomic E-state index is 0.0559. The number of aromatic nitrogens is 2. The molecular formula is C21H22N2O2S. The number of ketones is 1. The van der Waals surface area contributed by atoms with E-state index in [0.717, 1.165) is 34.3 Å². The molecule has 0 amide bonds. The summed E-state index contributed by atoms with van der Waals surface area (Å²) in [4.78, 5) is 16.3. The van der Waals surface area contributed by atoms with Gasteiger partial charge in [0.05, 0.1) is 19.0 Å². The van der Waals surface area contributed by atoms with Crippen molar-refractivity contribution in [2.75, 3.05) is 7.11 Å². The Bertz CT molecular complexity index is 904. The first-order valence-electron chi connectivity index (χ1n) is 8.55. The Hall–Kier alpha value is -2.53. The molecule has 0 saturated heterocycles. The van der Waals surface area contributed by atoms with Gasteiger partial charge in [-0.15, -0.1) is 0 Å². The van der Waals surface area contributed by atoms with E-state index in [2.05, 4.69) is 28.6 Å². The predicted molar refractivity (Wildman–Crippen MR) is 106 cm³/mol. The molecule has 0 bridgehead atoms. The average molecular weight is 366 g/mol. The van der Waals surface area contributed by atoms with Crippen LogP contribution in [0, 0.1) is 0 Å². The van der Waals surface area contributed by atoms with Crippen molar-refractivity contribution >= 4 is 17.5 Å². The first-order valence-corrected chi connectivity index (χ1v) is 9.54. The average Bonchev–Trinajstić information content (AvgIpc) is 3.09. The van der Waals surface area contributed by atoms with E-state index in [-0.39, 0.29) is 5.78 Å². The summed E-state index contributed by atoms with van der Waals surface area (Å²) in [5, 5.41) is 0.960. The number of methoxy groups -OCH3 is 1. The molecule has 1 heterocycles. The zero-order chi connectivity index (χ0) is 18.5. The molecule has 0 unspecified atom stereocenters. The van der Waals surface area contributed by atoms with Crippen molar-refractivity contribution in [1.82, 2.24) is 9.55 Å². The number of imidazole rings is 1. The number of nitrogens with zero attached hydrogens (tertiary/aromatic N) is 2. The molecule has 3 rings (SSSR count). The molecule has 134 valence electrons. The fraction of sp³-hybridized carbons (Fsp3) is 0.238. The minimum atomic E-state index is 0.0559. The van der Waals surface area contributed by atoms with Gasteiger partial charge in [-0.05, 0) is 37.6 Å². The third-order valence-electron chi connectivity index (χ3n) is 4.25. The summed E-state index contributed by atoms with van der Waals surface area (Å²) in [5.41, 5.74) is 3.97. The molecule has 0 aliphatic carbocycles. The Labute approximate surface area is 158 Å². The van der Waals surface area contributed by atoms with Gasteiger partial charge in [-0.1, -0.05) is 42.1 Å². The summed E-state index contributed by atoms with van der Waals surface area (Å²) in [6.07, 6.45) is 1.92. The Morgan fingerprint density at radius 1 is 1.19 bits per heavy atom. The molecule has 0 fully saturated rings. The van der Waals surface area contributed by atoms with E-state index < -0.39 is 0 Å². The highest BCUT2D eigenvalue weighted by molar-refractivity contribution is 7.98. The first kappa shape index (κ1) is 18.3. The molecule has 0 saturated carbocycles. The Kier molecular flexibility index (Phi) is 5.78. The first-order chi connectivity index (χ1) is 12.6. The summed E-state index contributed by atoms with van der Waals surface area (Å²) in [6, 6.07) is 15.8. The molecule has 0 aliphatic rings. The zero-order valence-electron chi connectivity index (χ0n) is 15.2. The van der Waals surface area contributed by atoms with Crippen molar-refractivity contribution in [3.8, 4) is 17.0 Å². The highest BCUT2D eigenvalue weighted by Crippen LogP contribution is 2.31. The van der Waals surface area contributed by atoms with Gasteiger partial charge in [0.2, 0.25) is 0 Å². The lowest BCUT2D eigenvalue weighted by molar-refractivity contribution is 0.101. The van der Waals surface area contributed by atoms with Gasteiger partial charge in [0.25, 0.3) is 0 Å². The van der Waals surface area contributed by atoms with Gasteiger partial charge in [0.1, 0.15) is 5.75 Å². The molecule has 1 aromatic heterocycles. The van der Waals surface area contributed by atoms with E-state index in [9.17, 15) is 4.79 Å². The zero-order valence-corrected chi connectivity index (χ0v) is 16.0. The fourth-order valence-corrected chi connectivity index (χ4v) is 3.89. The van der Waals surface area contributed by atoms with Gasteiger partial charge < -0.3 is 9.30 Å². The molecule has 0 atom stereocenters. The molecule has 5 heteroatoms. The Morgan fingerprint density at radius 3 is 2.62 bits per heavy atom. The van der Waals surface area contributed by atoms with Crippen LogP contribution >= 0.6 is 11.8 Å². The summed E-state index contributed by atoms with van der Waals surface area (Å²) in [7, 11) is 1.65. The van der Waals surface area contributed by atoms with E-state index in [1.807, 2.05) is 36.5 Å². The standard InChI is InChI=1S/C21H22N2O2S/c1-4-23-19(16-8-6-5-7-9-16)13-22-21(23)26-14-18-12-17(15(2)24)10-11-20(18)25-3/h5-13H,4,14H2,1-3H3. The van der Waals surface area contributed by atoms with Gasteiger partial charge in [-0.2, -0.15) is 0 Å². The molecule has 4 nitrogen and oxygen atoms in total. The van der Waals surface area contributed by atoms with Crippen LogP contribution in [-0.2, 0) is 12.3 Å². The number of benzene rings is 2. The van der Waals surface area contributed by atoms with Gasteiger partial charge in [-0.25, -0.2) is 4.98 Å². The third-order valence-corrected chi connectivity index (χ3v) is 5.29. The van der Waals surface area contributed by atoms with Crippen molar-refractivity contribution in [3.05, 3.63) is 65.9 Å². The summed E-state index contributed by atoms with van der Waals surface area (Å²) in [6.45, 7) is 4.54. The normalized spacial score (nSPS) is 10.7. The number of rotatable bonds is 7. The van der Waals surface area contributed by atoms with Crippen molar-refractivity contribution in [1.29, 1.82) is 0 Å². The van der Waals surface area contributed by atoms with E-state index >= 15 is 0 Å². The lowest BCUT2D eigenvalue weighted by atomic mass is 10.1. The molecule has 26 heavy (non-hydrogen) atoms. The molecule has 0 N–H and O–H groups in total. The van der Waals surface area contributed by atoms with Crippen LogP contribution in [0.2, 0.25) is 0 Å².